The molecule has 7 nitrogen and oxygen atoms in total. The number of para-hydroxylation sites is 2. The van der Waals surface area contributed by atoms with Gasteiger partial charge < -0.3 is 14.6 Å². The van der Waals surface area contributed by atoms with Gasteiger partial charge in [0.2, 0.25) is 5.91 Å². The molecule has 0 aliphatic heterocycles. The van der Waals surface area contributed by atoms with Crippen LogP contribution in [-0.2, 0) is 16.1 Å². The molecule has 7 heteroatoms. The summed E-state index contributed by atoms with van der Waals surface area (Å²) < 4.78 is 6.63. The zero-order valence-electron chi connectivity index (χ0n) is 14.7. The number of ether oxygens (including phenoxy) is 1. The molecule has 3 rings (SSSR count). The Labute approximate surface area is 151 Å². The van der Waals surface area contributed by atoms with Gasteiger partial charge in [-0.2, -0.15) is 0 Å². The van der Waals surface area contributed by atoms with Crippen molar-refractivity contribution < 1.29 is 14.3 Å². The highest BCUT2D eigenvalue weighted by molar-refractivity contribution is 5.92. The van der Waals surface area contributed by atoms with Crippen LogP contribution >= 0.6 is 0 Å². The van der Waals surface area contributed by atoms with Gasteiger partial charge in [0.25, 0.3) is 0 Å². The van der Waals surface area contributed by atoms with Crippen molar-refractivity contribution in [3.63, 3.8) is 0 Å². The van der Waals surface area contributed by atoms with E-state index < -0.39 is 6.09 Å². The molecule has 3 aromatic rings. The van der Waals surface area contributed by atoms with Crippen molar-refractivity contribution in [2.75, 3.05) is 24.4 Å². The van der Waals surface area contributed by atoms with Gasteiger partial charge >= 0.3 is 6.09 Å². The zero-order valence-corrected chi connectivity index (χ0v) is 14.7. The third-order valence-electron chi connectivity index (χ3n) is 4.09. The molecule has 2 aromatic carbocycles. The van der Waals surface area contributed by atoms with Gasteiger partial charge in [-0.25, -0.2) is 9.78 Å². The number of aromatic nitrogens is 2. The van der Waals surface area contributed by atoms with Gasteiger partial charge in [0, 0.05) is 31.4 Å². The number of amides is 2. The number of methoxy groups -OCH3 is 1. The number of nitrogens with zero attached hydrogens (tertiary/aromatic N) is 3. The Kier molecular flexibility index (Phi) is 5.17. The van der Waals surface area contributed by atoms with Crippen LogP contribution in [-0.4, -0.2) is 35.7 Å². The number of benzene rings is 2. The van der Waals surface area contributed by atoms with E-state index in [0.29, 0.717) is 24.3 Å². The van der Waals surface area contributed by atoms with Crippen LogP contribution in [0, 0.1) is 0 Å². The average Bonchev–Trinajstić information content (AvgIpc) is 3.09. The number of aryl methyl sites for hydroxylation is 1. The predicted molar refractivity (Wildman–Crippen MR) is 100 cm³/mol. The Bertz CT molecular complexity index is 918. The van der Waals surface area contributed by atoms with Crippen molar-refractivity contribution >= 4 is 34.4 Å². The first-order valence-electron chi connectivity index (χ1n) is 8.20. The number of hydrogen-bond acceptors (Lipinski definition) is 4. The van der Waals surface area contributed by atoms with Crippen LogP contribution in [0.15, 0.2) is 54.9 Å². The molecule has 0 atom stereocenters. The van der Waals surface area contributed by atoms with E-state index in [2.05, 4.69) is 15.0 Å². The monoisotopic (exact) mass is 352 g/mol. The zero-order chi connectivity index (χ0) is 18.5. The molecule has 0 saturated heterocycles. The molecule has 1 N–H and O–H groups in total. The Balaban J connectivity index is 1.57. The standard InChI is InChI=1S/C19H20N4O3/c1-22(19(25)26-2)15-9-7-14(8-10-15)21-18(24)11-12-23-13-20-16-5-3-4-6-17(16)23/h3-10,13H,11-12H2,1-2H3,(H,21,24). The quantitative estimate of drug-likeness (QED) is 0.765. The van der Waals surface area contributed by atoms with Crippen molar-refractivity contribution in [2.24, 2.45) is 0 Å². The second-order valence-electron chi connectivity index (χ2n) is 5.80. The molecule has 0 aliphatic carbocycles. The van der Waals surface area contributed by atoms with E-state index in [-0.39, 0.29) is 5.91 Å². The molecule has 0 fully saturated rings. The van der Waals surface area contributed by atoms with Crippen LogP contribution in [0.1, 0.15) is 6.42 Å². The van der Waals surface area contributed by atoms with E-state index in [1.54, 1.807) is 37.6 Å². The Hall–Kier alpha value is -3.35. The van der Waals surface area contributed by atoms with Crippen LogP contribution in [0.5, 0.6) is 0 Å². The summed E-state index contributed by atoms with van der Waals surface area (Å²) in [6.07, 6.45) is 1.63. The molecule has 1 heterocycles. The van der Waals surface area contributed by atoms with Crippen molar-refractivity contribution in [3.05, 3.63) is 54.9 Å². The maximum Gasteiger partial charge on any atom is 0.413 e. The van der Waals surface area contributed by atoms with Crippen LogP contribution in [0.3, 0.4) is 0 Å². The number of hydrogen-bond donors (Lipinski definition) is 1. The van der Waals surface area contributed by atoms with Crippen molar-refractivity contribution in [3.8, 4) is 0 Å². The lowest BCUT2D eigenvalue weighted by Crippen LogP contribution is -2.25. The second kappa shape index (κ2) is 7.69. The fourth-order valence-corrected chi connectivity index (χ4v) is 2.64. The maximum atomic E-state index is 12.2. The number of anilines is 2. The number of imidazole rings is 1. The number of fused-ring (bicyclic) bond motifs is 1. The molecule has 0 saturated carbocycles. The van der Waals surface area contributed by atoms with E-state index >= 15 is 0 Å². The van der Waals surface area contributed by atoms with E-state index in [9.17, 15) is 9.59 Å². The van der Waals surface area contributed by atoms with Crippen LogP contribution in [0.4, 0.5) is 16.2 Å². The summed E-state index contributed by atoms with van der Waals surface area (Å²) in [5, 5.41) is 2.85. The van der Waals surface area contributed by atoms with Gasteiger partial charge in [-0.05, 0) is 36.4 Å². The third-order valence-corrected chi connectivity index (χ3v) is 4.09. The minimum absolute atomic E-state index is 0.0862. The van der Waals surface area contributed by atoms with Gasteiger partial charge in [0.15, 0.2) is 0 Å². The predicted octanol–water partition coefficient (Wildman–Crippen LogP) is 3.27. The third kappa shape index (κ3) is 3.83. The molecule has 0 unspecified atom stereocenters. The van der Waals surface area contributed by atoms with Gasteiger partial charge in [0.05, 0.1) is 24.5 Å². The Morgan fingerprint density at radius 3 is 2.62 bits per heavy atom. The van der Waals surface area contributed by atoms with Crippen LogP contribution < -0.4 is 10.2 Å². The van der Waals surface area contributed by atoms with Crippen molar-refractivity contribution in [1.29, 1.82) is 0 Å². The topological polar surface area (TPSA) is 76.5 Å². The molecule has 26 heavy (non-hydrogen) atoms. The van der Waals surface area contributed by atoms with Crippen molar-refractivity contribution in [2.45, 2.75) is 13.0 Å². The first kappa shape index (κ1) is 17.5. The van der Waals surface area contributed by atoms with Gasteiger partial charge in [-0.1, -0.05) is 12.1 Å². The second-order valence-corrected chi connectivity index (χ2v) is 5.80. The molecule has 2 amide bonds. The lowest BCUT2D eigenvalue weighted by atomic mass is 10.2. The first-order chi connectivity index (χ1) is 12.6. The fraction of sp³-hybridized carbons (Fsp3) is 0.211. The average molecular weight is 352 g/mol. The number of carbonyl (C=O) groups excluding carboxylic acids is 2. The smallest absolute Gasteiger partial charge is 0.413 e. The first-order valence-corrected chi connectivity index (χ1v) is 8.20. The summed E-state index contributed by atoms with van der Waals surface area (Å²) in [7, 11) is 2.95. The fourth-order valence-electron chi connectivity index (χ4n) is 2.64. The molecular weight excluding hydrogens is 332 g/mol. The largest absolute Gasteiger partial charge is 0.452 e. The van der Waals surface area contributed by atoms with Gasteiger partial charge in [-0.15, -0.1) is 0 Å². The van der Waals surface area contributed by atoms with Gasteiger partial charge in [0.1, 0.15) is 0 Å². The van der Waals surface area contributed by atoms with Gasteiger partial charge in [-0.3, -0.25) is 9.69 Å². The summed E-state index contributed by atoms with van der Waals surface area (Å²) in [5.41, 5.74) is 3.28. The van der Waals surface area contributed by atoms with Crippen LogP contribution in [0.2, 0.25) is 0 Å². The minimum Gasteiger partial charge on any atom is -0.452 e. The lowest BCUT2D eigenvalue weighted by Gasteiger charge is -2.16. The summed E-state index contributed by atoms with van der Waals surface area (Å²) in [6.45, 7) is 0.551. The summed E-state index contributed by atoms with van der Waals surface area (Å²) >= 11 is 0. The highest BCUT2D eigenvalue weighted by Gasteiger charge is 2.11. The summed E-state index contributed by atoms with van der Waals surface area (Å²) in [5.74, 6) is -0.0862. The normalized spacial score (nSPS) is 10.5. The van der Waals surface area contributed by atoms with E-state index in [1.165, 1.54) is 12.0 Å². The van der Waals surface area contributed by atoms with E-state index in [4.69, 9.17) is 0 Å². The summed E-state index contributed by atoms with van der Waals surface area (Å²) in [6, 6.07) is 14.8. The number of carbonyl (C=O) groups is 2. The SMILES string of the molecule is COC(=O)N(C)c1ccc(NC(=O)CCn2cnc3ccccc32)cc1. The molecule has 134 valence electrons. The number of rotatable bonds is 5. The molecule has 0 spiro atoms. The lowest BCUT2D eigenvalue weighted by molar-refractivity contribution is -0.116. The molecule has 0 aliphatic rings. The molecular formula is C19H20N4O3. The number of nitrogens with one attached hydrogen (secondary N) is 1. The maximum absolute atomic E-state index is 12.2. The van der Waals surface area contributed by atoms with E-state index in [1.807, 2.05) is 28.8 Å². The Morgan fingerprint density at radius 1 is 1.15 bits per heavy atom. The highest BCUT2D eigenvalue weighted by Crippen LogP contribution is 2.18. The van der Waals surface area contributed by atoms with Crippen LogP contribution in [0.25, 0.3) is 11.0 Å². The Morgan fingerprint density at radius 2 is 1.88 bits per heavy atom. The highest BCUT2D eigenvalue weighted by atomic mass is 16.5. The van der Waals surface area contributed by atoms with Crippen molar-refractivity contribution in [1.82, 2.24) is 9.55 Å². The molecule has 0 bridgehead atoms. The molecule has 1 aromatic heterocycles. The molecule has 0 radical (unpaired) electrons. The summed E-state index contributed by atoms with van der Waals surface area (Å²) in [4.78, 5) is 29.4. The minimum atomic E-state index is -0.450. The van der Waals surface area contributed by atoms with E-state index in [0.717, 1.165) is 11.0 Å².